The van der Waals surface area contributed by atoms with Crippen LogP contribution in [0.1, 0.15) is 85.5 Å². The summed E-state index contributed by atoms with van der Waals surface area (Å²) in [6.45, 7) is 8.79. The van der Waals surface area contributed by atoms with Crippen LogP contribution in [-0.2, 0) is 0 Å². The van der Waals surface area contributed by atoms with Gasteiger partial charge in [0.05, 0.1) is 6.04 Å². The normalized spacial score (nSPS) is 30.7. The first-order valence-corrected chi connectivity index (χ1v) is 10.4. The van der Waals surface area contributed by atoms with E-state index in [2.05, 4.69) is 50.1 Å². The molecule has 140 valence electrons. The molecule has 4 atom stereocenters. The third kappa shape index (κ3) is 4.89. The van der Waals surface area contributed by atoms with Crippen LogP contribution in [0.3, 0.4) is 0 Å². The number of aliphatic imine (C=N–C) groups is 1. The van der Waals surface area contributed by atoms with E-state index >= 15 is 0 Å². The van der Waals surface area contributed by atoms with Crippen LogP contribution >= 0.6 is 0 Å². The summed E-state index contributed by atoms with van der Waals surface area (Å²) in [5, 5.41) is 3.82. The van der Waals surface area contributed by atoms with Crippen LogP contribution in [0.4, 0.5) is 0 Å². The second-order valence-corrected chi connectivity index (χ2v) is 8.78. The predicted octanol–water partition coefficient (Wildman–Crippen LogP) is 5.19. The number of piperidine rings is 1. The van der Waals surface area contributed by atoms with E-state index in [0.29, 0.717) is 12.1 Å². The molecule has 0 amide bonds. The molecule has 2 fully saturated rings. The fraction of sp³-hybridized carbons (Fsp3) is 0.773. The molecular weight excluding hydrogens is 306 g/mol. The quantitative estimate of drug-likeness (QED) is 0.672. The number of hydrogen-bond acceptors (Lipinski definition) is 3. The number of allylic oxidation sites excluding steroid dienone is 4. The van der Waals surface area contributed by atoms with E-state index in [1.807, 2.05) is 0 Å². The third-order valence-electron chi connectivity index (χ3n) is 5.97. The van der Waals surface area contributed by atoms with E-state index in [9.17, 15) is 0 Å². The lowest BCUT2D eigenvalue weighted by Crippen LogP contribution is -2.64. The van der Waals surface area contributed by atoms with Crippen LogP contribution in [-0.4, -0.2) is 35.0 Å². The van der Waals surface area contributed by atoms with Crippen LogP contribution in [0.25, 0.3) is 0 Å². The maximum absolute atomic E-state index is 5.16. The Morgan fingerprint density at radius 3 is 2.32 bits per heavy atom. The fourth-order valence-corrected chi connectivity index (χ4v) is 4.77. The highest BCUT2D eigenvalue weighted by Gasteiger charge is 2.41. The second kappa shape index (κ2) is 8.42. The van der Waals surface area contributed by atoms with Gasteiger partial charge in [-0.1, -0.05) is 23.3 Å². The molecule has 3 nitrogen and oxygen atoms in total. The maximum Gasteiger partial charge on any atom is 0.194 e. The van der Waals surface area contributed by atoms with Gasteiger partial charge in [0.15, 0.2) is 5.96 Å². The highest BCUT2D eigenvalue weighted by molar-refractivity contribution is 5.82. The molecule has 25 heavy (non-hydrogen) atoms. The smallest absolute Gasteiger partial charge is 0.194 e. The van der Waals surface area contributed by atoms with Crippen molar-refractivity contribution in [1.82, 2.24) is 10.2 Å². The molecule has 0 radical (unpaired) electrons. The SMILES string of the molecule is CC(C)=CCC[C@@H]1C[C@@H]2CCC[C@@H]3C[C@H](CCC=C(C)C)NC(=N1)N32. The Hall–Kier alpha value is -1.25. The number of rotatable bonds is 6. The average molecular weight is 344 g/mol. The van der Waals surface area contributed by atoms with Crippen LogP contribution in [0.5, 0.6) is 0 Å². The van der Waals surface area contributed by atoms with Crippen LogP contribution in [0, 0.1) is 0 Å². The van der Waals surface area contributed by atoms with Gasteiger partial charge in [0.25, 0.3) is 0 Å². The zero-order valence-corrected chi connectivity index (χ0v) is 16.7. The monoisotopic (exact) mass is 343 g/mol. The Bertz CT molecular complexity index is 537. The van der Waals surface area contributed by atoms with E-state index in [0.717, 1.165) is 12.1 Å². The molecule has 0 aliphatic carbocycles. The van der Waals surface area contributed by atoms with Gasteiger partial charge in [-0.15, -0.1) is 0 Å². The molecule has 3 heteroatoms. The maximum atomic E-state index is 5.16. The number of nitrogens with one attached hydrogen (secondary N) is 1. The lowest BCUT2D eigenvalue weighted by molar-refractivity contribution is 0.0989. The molecule has 3 aliphatic rings. The minimum Gasteiger partial charge on any atom is -0.353 e. The van der Waals surface area contributed by atoms with Gasteiger partial charge in [-0.2, -0.15) is 0 Å². The summed E-state index contributed by atoms with van der Waals surface area (Å²) in [6, 6.07) is 2.57. The zero-order chi connectivity index (χ0) is 17.8. The Morgan fingerprint density at radius 2 is 1.64 bits per heavy atom. The zero-order valence-electron chi connectivity index (χ0n) is 16.7. The second-order valence-electron chi connectivity index (χ2n) is 8.78. The largest absolute Gasteiger partial charge is 0.353 e. The van der Waals surface area contributed by atoms with E-state index < -0.39 is 0 Å². The minimum atomic E-state index is 0.509. The average Bonchev–Trinajstić information content (AvgIpc) is 2.54. The number of nitrogens with zero attached hydrogens (tertiary/aromatic N) is 2. The Kier molecular flexibility index (Phi) is 6.24. The van der Waals surface area contributed by atoms with Crippen molar-refractivity contribution >= 4 is 5.96 Å². The first-order valence-electron chi connectivity index (χ1n) is 10.4. The summed E-state index contributed by atoms with van der Waals surface area (Å²) in [6.07, 6.45) is 16.2. The Morgan fingerprint density at radius 1 is 1.00 bits per heavy atom. The molecule has 3 rings (SSSR count). The van der Waals surface area contributed by atoms with Crippen molar-refractivity contribution < 1.29 is 0 Å². The molecule has 1 N–H and O–H groups in total. The van der Waals surface area contributed by atoms with Crippen LogP contribution < -0.4 is 5.32 Å². The highest BCUT2D eigenvalue weighted by Crippen LogP contribution is 2.35. The van der Waals surface area contributed by atoms with Crippen molar-refractivity contribution in [2.45, 2.75) is 110 Å². The van der Waals surface area contributed by atoms with Gasteiger partial charge < -0.3 is 10.2 Å². The standard InChI is InChI=1S/C22H37N3/c1-16(2)8-5-10-18-14-20-12-7-13-21-15-19(11-6-9-17(3)4)24-22(23-18)25(20)21/h8-9,18-21H,5-7,10-15H2,1-4H3,(H,23,24)/t18-,19+,20+,21-. The molecule has 3 heterocycles. The van der Waals surface area contributed by atoms with Crippen LogP contribution in [0.15, 0.2) is 28.3 Å². The van der Waals surface area contributed by atoms with E-state index in [-0.39, 0.29) is 0 Å². The first-order chi connectivity index (χ1) is 12.0. The summed E-state index contributed by atoms with van der Waals surface area (Å²) in [7, 11) is 0. The highest BCUT2D eigenvalue weighted by atomic mass is 15.4. The van der Waals surface area contributed by atoms with E-state index in [1.165, 1.54) is 74.9 Å². The van der Waals surface area contributed by atoms with Gasteiger partial charge in [0.1, 0.15) is 0 Å². The lowest BCUT2D eigenvalue weighted by atomic mass is 9.84. The summed E-state index contributed by atoms with van der Waals surface area (Å²) in [5.41, 5.74) is 2.86. The van der Waals surface area contributed by atoms with Crippen molar-refractivity contribution in [2.75, 3.05) is 0 Å². The minimum absolute atomic E-state index is 0.509. The van der Waals surface area contributed by atoms with Crippen molar-refractivity contribution in [3.05, 3.63) is 23.3 Å². The first kappa shape index (κ1) is 18.5. The molecule has 3 aliphatic heterocycles. The third-order valence-corrected chi connectivity index (χ3v) is 5.97. The number of hydrogen-bond donors (Lipinski definition) is 1. The van der Waals surface area contributed by atoms with Gasteiger partial charge in [0, 0.05) is 18.1 Å². The number of guanidine groups is 1. The van der Waals surface area contributed by atoms with Gasteiger partial charge >= 0.3 is 0 Å². The Labute approximate surface area is 154 Å². The molecule has 0 spiro atoms. The summed E-state index contributed by atoms with van der Waals surface area (Å²) in [4.78, 5) is 7.83. The molecule has 0 bridgehead atoms. The van der Waals surface area contributed by atoms with Crippen molar-refractivity contribution in [3.63, 3.8) is 0 Å². The van der Waals surface area contributed by atoms with Crippen LogP contribution in [0.2, 0.25) is 0 Å². The van der Waals surface area contributed by atoms with Gasteiger partial charge in [-0.3, -0.25) is 0 Å². The molecule has 0 aromatic rings. The topological polar surface area (TPSA) is 27.6 Å². The van der Waals surface area contributed by atoms with Crippen molar-refractivity contribution in [3.8, 4) is 0 Å². The summed E-state index contributed by atoms with van der Waals surface area (Å²) >= 11 is 0. The molecule has 0 saturated carbocycles. The summed E-state index contributed by atoms with van der Waals surface area (Å²) in [5.74, 6) is 1.23. The molecular formula is C22H37N3. The summed E-state index contributed by atoms with van der Waals surface area (Å²) < 4.78 is 0. The Balaban J connectivity index is 1.66. The fourth-order valence-electron chi connectivity index (χ4n) is 4.77. The van der Waals surface area contributed by atoms with Crippen molar-refractivity contribution in [1.29, 1.82) is 0 Å². The van der Waals surface area contributed by atoms with Gasteiger partial charge in [-0.05, 0) is 85.5 Å². The molecule has 0 aromatic carbocycles. The molecule has 0 aromatic heterocycles. The van der Waals surface area contributed by atoms with E-state index in [4.69, 9.17) is 4.99 Å². The van der Waals surface area contributed by atoms with Crippen molar-refractivity contribution in [2.24, 2.45) is 4.99 Å². The van der Waals surface area contributed by atoms with Gasteiger partial charge in [-0.25, -0.2) is 4.99 Å². The molecule has 2 saturated heterocycles. The molecule has 0 unspecified atom stereocenters. The van der Waals surface area contributed by atoms with Gasteiger partial charge in [0.2, 0.25) is 0 Å². The lowest BCUT2D eigenvalue weighted by Gasteiger charge is -2.52. The predicted molar refractivity (Wildman–Crippen MR) is 108 cm³/mol. The van der Waals surface area contributed by atoms with E-state index in [1.54, 1.807) is 0 Å².